The Hall–Kier alpha value is -0.470. The minimum absolute atomic E-state index is 0. The summed E-state index contributed by atoms with van der Waals surface area (Å²) < 4.78 is 2.14. The topological polar surface area (TPSA) is 17.0 Å². The molecule has 13 heavy (non-hydrogen) atoms. The van der Waals surface area contributed by atoms with Gasteiger partial charge < -0.3 is 9.88 Å². The summed E-state index contributed by atoms with van der Waals surface area (Å²) in [7, 11) is 2.07. The van der Waals surface area contributed by atoms with E-state index >= 15 is 0 Å². The first-order valence-electron chi connectivity index (χ1n) is 4.34. The van der Waals surface area contributed by atoms with Crippen LogP contribution in [0.15, 0.2) is 18.3 Å². The number of aromatic nitrogens is 1. The van der Waals surface area contributed by atoms with Crippen LogP contribution in [0.5, 0.6) is 0 Å². The van der Waals surface area contributed by atoms with Gasteiger partial charge in [-0.15, -0.1) is 12.4 Å². The van der Waals surface area contributed by atoms with E-state index in [-0.39, 0.29) is 17.9 Å². The van der Waals surface area contributed by atoms with Crippen LogP contribution < -0.4 is 5.32 Å². The number of halogens is 1. The Morgan fingerprint density at radius 3 is 2.38 bits per heavy atom. The molecule has 0 aromatic carbocycles. The predicted molar refractivity (Wildman–Crippen MR) is 59.3 cm³/mol. The van der Waals surface area contributed by atoms with Crippen LogP contribution in [0.25, 0.3) is 0 Å². The van der Waals surface area contributed by atoms with Gasteiger partial charge in [0.25, 0.3) is 0 Å². The number of rotatable bonds is 2. The van der Waals surface area contributed by atoms with Crippen LogP contribution in [0.1, 0.15) is 26.5 Å². The van der Waals surface area contributed by atoms with Gasteiger partial charge in [-0.3, -0.25) is 0 Å². The lowest BCUT2D eigenvalue weighted by atomic mass is 10.1. The van der Waals surface area contributed by atoms with E-state index in [9.17, 15) is 0 Å². The minimum Gasteiger partial charge on any atom is -0.353 e. The van der Waals surface area contributed by atoms with Crippen molar-refractivity contribution in [1.29, 1.82) is 0 Å². The van der Waals surface area contributed by atoms with E-state index in [0.29, 0.717) is 0 Å². The monoisotopic (exact) mass is 202 g/mol. The fraction of sp³-hybridized carbons (Fsp3) is 0.600. The molecule has 0 radical (unpaired) electrons. The maximum absolute atomic E-state index is 3.44. The summed E-state index contributed by atoms with van der Waals surface area (Å²) in [6.07, 6.45) is 2.07. The molecule has 0 saturated carbocycles. The van der Waals surface area contributed by atoms with Crippen molar-refractivity contribution < 1.29 is 0 Å². The van der Waals surface area contributed by atoms with Crippen LogP contribution >= 0.6 is 12.4 Å². The molecular formula is C10H19ClN2. The van der Waals surface area contributed by atoms with Crippen molar-refractivity contribution in [3.05, 3.63) is 24.0 Å². The molecule has 0 unspecified atom stereocenters. The molecule has 0 fully saturated rings. The first-order valence-corrected chi connectivity index (χ1v) is 4.34. The minimum atomic E-state index is 0. The van der Waals surface area contributed by atoms with Crippen LogP contribution in [0, 0.1) is 0 Å². The Morgan fingerprint density at radius 1 is 1.38 bits per heavy atom. The van der Waals surface area contributed by atoms with Crippen LogP contribution in [-0.4, -0.2) is 10.1 Å². The van der Waals surface area contributed by atoms with E-state index < -0.39 is 0 Å². The van der Waals surface area contributed by atoms with Crippen molar-refractivity contribution >= 4 is 12.4 Å². The van der Waals surface area contributed by atoms with Gasteiger partial charge in [-0.2, -0.15) is 0 Å². The SMILES string of the molecule is Cl.Cn1cccc1CNC(C)(C)C. The molecule has 1 aromatic rings. The van der Waals surface area contributed by atoms with Gasteiger partial charge in [0.05, 0.1) is 0 Å². The molecule has 1 aromatic heterocycles. The normalized spacial score (nSPS) is 11.1. The summed E-state index contributed by atoms with van der Waals surface area (Å²) in [5.41, 5.74) is 1.52. The molecule has 1 heterocycles. The summed E-state index contributed by atoms with van der Waals surface area (Å²) in [5, 5.41) is 3.44. The van der Waals surface area contributed by atoms with Crippen molar-refractivity contribution in [1.82, 2.24) is 9.88 Å². The second-order valence-corrected chi connectivity index (χ2v) is 4.21. The van der Waals surface area contributed by atoms with Gasteiger partial charge in [0.15, 0.2) is 0 Å². The highest BCUT2D eigenvalue weighted by atomic mass is 35.5. The fourth-order valence-corrected chi connectivity index (χ4v) is 1.04. The molecule has 0 aliphatic heterocycles. The summed E-state index contributed by atoms with van der Waals surface area (Å²) in [5.74, 6) is 0. The molecule has 2 nitrogen and oxygen atoms in total. The molecule has 3 heteroatoms. The van der Waals surface area contributed by atoms with E-state index in [4.69, 9.17) is 0 Å². The van der Waals surface area contributed by atoms with E-state index in [2.05, 4.69) is 56.0 Å². The Bertz CT molecular complexity index is 248. The maximum atomic E-state index is 3.44. The van der Waals surface area contributed by atoms with Gasteiger partial charge in [-0.05, 0) is 32.9 Å². The van der Waals surface area contributed by atoms with Gasteiger partial charge in [-0.1, -0.05) is 0 Å². The van der Waals surface area contributed by atoms with Gasteiger partial charge in [0.1, 0.15) is 0 Å². The third-order valence-electron chi connectivity index (χ3n) is 1.85. The Balaban J connectivity index is 0.00000144. The smallest absolute Gasteiger partial charge is 0.0363 e. The Labute approximate surface area is 86.7 Å². The first kappa shape index (κ1) is 12.5. The second kappa shape index (κ2) is 4.68. The third-order valence-corrected chi connectivity index (χ3v) is 1.85. The predicted octanol–water partition coefficient (Wildman–Crippen LogP) is 2.33. The van der Waals surface area contributed by atoms with E-state index in [1.807, 2.05) is 0 Å². The fourth-order valence-electron chi connectivity index (χ4n) is 1.04. The molecule has 1 N–H and O–H groups in total. The largest absolute Gasteiger partial charge is 0.353 e. The van der Waals surface area contributed by atoms with Crippen LogP contribution in [-0.2, 0) is 13.6 Å². The van der Waals surface area contributed by atoms with Crippen LogP contribution in [0.3, 0.4) is 0 Å². The molecule has 0 saturated heterocycles. The van der Waals surface area contributed by atoms with E-state index in [1.165, 1.54) is 5.69 Å². The first-order chi connectivity index (χ1) is 5.49. The third kappa shape index (κ3) is 4.34. The van der Waals surface area contributed by atoms with Crippen molar-refractivity contribution in [3.63, 3.8) is 0 Å². The lowest BCUT2D eigenvalue weighted by Crippen LogP contribution is -2.35. The molecule has 0 bridgehead atoms. The van der Waals surface area contributed by atoms with Gasteiger partial charge >= 0.3 is 0 Å². The zero-order valence-electron chi connectivity index (χ0n) is 8.79. The summed E-state index contributed by atoms with van der Waals surface area (Å²) >= 11 is 0. The van der Waals surface area contributed by atoms with Crippen LogP contribution in [0.4, 0.5) is 0 Å². The van der Waals surface area contributed by atoms with Crippen molar-refractivity contribution in [2.75, 3.05) is 0 Å². The summed E-state index contributed by atoms with van der Waals surface area (Å²) in [6.45, 7) is 7.47. The quantitative estimate of drug-likeness (QED) is 0.779. The summed E-state index contributed by atoms with van der Waals surface area (Å²) in [6, 6.07) is 4.21. The van der Waals surface area contributed by atoms with Gasteiger partial charge in [-0.25, -0.2) is 0 Å². The Kier molecular flexibility index (Phi) is 4.51. The summed E-state index contributed by atoms with van der Waals surface area (Å²) in [4.78, 5) is 0. The molecule has 0 aliphatic rings. The molecule has 0 spiro atoms. The van der Waals surface area contributed by atoms with Crippen LogP contribution in [0.2, 0.25) is 0 Å². The lowest BCUT2D eigenvalue weighted by molar-refractivity contribution is 0.418. The number of aryl methyl sites for hydroxylation is 1. The lowest BCUT2D eigenvalue weighted by Gasteiger charge is -2.20. The molecular weight excluding hydrogens is 184 g/mol. The zero-order chi connectivity index (χ0) is 9.19. The number of nitrogens with one attached hydrogen (secondary N) is 1. The highest BCUT2D eigenvalue weighted by Crippen LogP contribution is 2.03. The molecule has 0 aliphatic carbocycles. The van der Waals surface area contributed by atoms with Crippen molar-refractivity contribution in [3.8, 4) is 0 Å². The Morgan fingerprint density at radius 2 is 2.00 bits per heavy atom. The van der Waals surface area contributed by atoms with E-state index in [1.54, 1.807) is 0 Å². The number of hydrogen-bond acceptors (Lipinski definition) is 1. The van der Waals surface area contributed by atoms with Gasteiger partial charge in [0, 0.05) is 31.0 Å². The standard InChI is InChI=1S/C10H18N2.ClH/c1-10(2,3)11-8-9-6-5-7-12(9)4;/h5-7,11H,8H2,1-4H3;1H. The zero-order valence-corrected chi connectivity index (χ0v) is 9.61. The van der Waals surface area contributed by atoms with Gasteiger partial charge in [0.2, 0.25) is 0 Å². The average molecular weight is 203 g/mol. The molecule has 0 atom stereocenters. The van der Waals surface area contributed by atoms with Crippen molar-refractivity contribution in [2.24, 2.45) is 7.05 Å². The number of hydrogen-bond donors (Lipinski definition) is 1. The second-order valence-electron chi connectivity index (χ2n) is 4.21. The highest BCUT2D eigenvalue weighted by molar-refractivity contribution is 5.85. The number of nitrogens with zero attached hydrogens (tertiary/aromatic N) is 1. The van der Waals surface area contributed by atoms with Crippen molar-refractivity contribution in [2.45, 2.75) is 32.9 Å². The van der Waals surface area contributed by atoms with E-state index in [0.717, 1.165) is 6.54 Å². The molecule has 1 rings (SSSR count). The average Bonchev–Trinajstić information content (AvgIpc) is 2.29. The molecule has 76 valence electrons. The molecule has 0 amide bonds. The maximum Gasteiger partial charge on any atom is 0.0363 e. The highest BCUT2D eigenvalue weighted by Gasteiger charge is 2.08.